The van der Waals surface area contributed by atoms with E-state index in [1.54, 1.807) is 0 Å². The zero-order valence-electron chi connectivity index (χ0n) is 13.4. The molecule has 1 fully saturated rings. The summed E-state index contributed by atoms with van der Waals surface area (Å²) in [5.74, 6) is -3.30. The Balaban J connectivity index is 2.68. The molecule has 7 N–H and O–H groups in total. The first kappa shape index (κ1) is 19.8. The molecule has 10 nitrogen and oxygen atoms in total. The van der Waals surface area contributed by atoms with Crippen LogP contribution in [0.3, 0.4) is 0 Å². The van der Waals surface area contributed by atoms with Crippen molar-refractivity contribution in [1.29, 1.82) is 0 Å². The number of hydrogen-bond donors (Lipinski definition) is 6. The Morgan fingerprint density at radius 1 is 1.29 bits per heavy atom. The lowest BCUT2D eigenvalue weighted by Gasteiger charge is -2.24. The van der Waals surface area contributed by atoms with E-state index < -0.39 is 47.9 Å². The third-order valence-electron chi connectivity index (χ3n) is 3.73. The standard InChI is InChI=1S/C14H24N4O6/c1-7(19)11(18-12(21)8-3-2-6-16-8)13(22)17-9(14(23)24)4-5-10(15)20/h7-9,11,16,19H,2-6H2,1H3,(H2,15,20)(H,17,22)(H,18,21)(H,23,24)/t7-,8+,9+,11+/m1/s1. The summed E-state index contributed by atoms with van der Waals surface area (Å²) in [5, 5.41) is 26.4. The SMILES string of the molecule is C[C@@H](O)[C@H](NC(=O)[C@@H]1CCCN1)C(=O)N[C@@H](CCC(N)=O)C(=O)O. The van der Waals surface area contributed by atoms with Crippen molar-refractivity contribution in [2.75, 3.05) is 6.54 Å². The third kappa shape index (κ3) is 6.13. The van der Waals surface area contributed by atoms with E-state index >= 15 is 0 Å². The van der Waals surface area contributed by atoms with Crippen molar-refractivity contribution in [1.82, 2.24) is 16.0 Å². The highest BCUT2D eigenvalue weighted by Gasteiger charge is 2.32. The Morgan fingerprint density at radius 3 is 2.42 bits per heavy atom. The van der Waals surface area contributed by atoms with Gasteiger partial charge >= 0.3 is 5.97 Å². The fourth-order valence-electron chi connectivity index (χ4n) is 2.37. The second-order valence-electron chi connectivity index (χ2n) is 5.78. The molecular formula is C14H24N4O6. The number of carboxylic acid groups (broad SMARTS) is 1. The van der Waals surface area contributed by atoms with Gasteiger partial charge in [0.15, 0.2) is 0 Å². The summed E-state index contributed by atoms with van der Waals surface area (Å²) in [5.41, 5.74) is 4.97. The van der Waals surface area contributed by atoms with Gasteiger partial charge < -0.3 is 31.9 Å². The van der Waals surface area contributed by atoms with Gasteiger partial charge in [0.05, 0.1) is 12.1 Å². The number of amides is 3. The van der Waals surface area contributed by atoms with Gasteiger partial charge in [-0.2, -0.15) is 0 Å². The normalized spacial score (nSPS) is 20.7. The highest BCUT2D eigenvalue weighted by Crippen LogP contribution is 2.06. The Hall–Kier alpha value is -2.20. The van der Waals surface area contributed by atoms with Gasteiger partial charge in [0.2, 0.25) is 17.7 Å². The van der Waals surface area contributed by atoms with Crippen LogP contribution in [0, 0.1) is 0 Å². The second-order valence-corrected chi connectivity index (χ2v) is 5.78. The van der Waals surface area contributed by atoms with E-state index in [0.29, 0.717) is 13.0 Å². The van der Waals surface area contributed by atoms with Gasteiger partial charge in [-0.25, -0.2) is 4.79 Å². The number of nitrogens with one attached hydrogen (secondary N) is 3. The average molecular weight is 344 g/mol. The van der Waals surface area contributed by atoms with Crippen LogP contribution in [0.4, 0.5) is 0 Å². The first-order chi connectivity index (χ1) is 11.2. The molecule has 1 aliphatic heterocycles. The predicted molar refractivity (Wildman–Crippen MR) is 82.6 cm³/mol. The fourth-order valence-corrected chi connectivity index (χ4v) is 2.37. The van der Waals surface area contributed by atoms with Crippen LogP contribution in [-0.2, 0) is 19.2 Å². The molecule has 1 saturated heterocycles. The lowest BCUT2D eigenvalue weighted by Crippen LogP contribution is -2.58. The smallest absolute Gasteiger partial charge is 0.326 e. The summed E-state index contributed by atoms with van der Waals surface area (Å²) >= 11 is 0. The van der Waals surface area contributed by atoms with E-state index in [1.807, 2.05) is 0 Å². The minimum Gasteiger partial charge on any atom is -0.480 e. The number of carbonyl (C=O) groups excluding carboxylic acids is 3. The van der Waals surface area contributed by atoms with Gasteiger partial charge in [-0.1, -0.05) is 0 Å². The average Bonchev–Trinajstić information content (AvgIpc) is 3.02. The summed E-state index contributed by atoms with van der Waals surface area (Å²) in [7, 11) is 0. The zero-order valence-corrected chi connectivity index (χ0v) is 13.4. The number of carboxylic acids is 1. The van der Waals surface area contributed by atoms with Crippen LogP contribution < -0.4 is 21.7 Å². The third-order valence-corrected chi connectivity index (χ3v) is 3.73. The maximum absolute atomic E-state index is 12.2. The molecule has 0 unspecified atom stereocenters. The van der Waals surface area contributed by atoms with Crippen LogP contribution >= 0.6 is 0 Å². The number of aliphatic carboxylic acids is 1. The van der Waals surface area contributed by atoms with Crippen molar-refractivity contribution in [3.05, 3.63) is 0 Å². The van der Waals surface area contributed by atoms with Crippen molar-refractivity contribution in [3.63, 3.8) is 0 Å². The molecular weight excluding hydrogens is 320 g/mol. The minimum atomic E-state index is -1.34. The topological polar surface area (TPSA) is 171 Å². The Labute approximate surface area is 139 Å². The van der Waals surface area contributed by atoms with E-state index in [2.05, 4.69) is 16.0 Å². The Kier molecular flexibility index (Phi) is 7.59. The summed E-state index contributed by atoms with van der Waals surface area (Å²) in [4.78, 5) is 46.2. The van der Waals surface area contributed by atoms with Crippen LogP contribution in [0.1, 0.15) is 32.6 Å². The molecule has 0 aromatic heterocycles. The van der Waals surface area contributed by atoms with Gasteiger partial charge in [-0.05, 0) is 32.7 Å². The molecule has 10 heteroatoms. The number of rotatable bonds is 9. The summed E-state index contributed by atoms with van der Waals surface area (Å²) in [6, 6.07) is -3.08. The molecule has 0 saturated carbocycles. The molecule has 24 heavy (non-hydrogen) atoms. The molecule has 0 aromatic rings. The number of nitrogens with two attached hydrogens (primary N) is 1. The molecule has 4 atom stereocenters. The van der Waals surface area contributed by atoms with Crippen molar-refractivity contribution in [2.24, 2.45) is 5.73 Å². The largest absolute Gasteiger partial charge is 0.480 e. The molecule has 0 bridgehead atoms. The highest BCUT2D eigenvalue weighted by atomic mass is 16.4. The molecule has 0 radical (unpaired) electrons. The Morgan fingerprint density at radius 2 is 1.96 bits per heavy atom. The van der Waals surface area contributed by atoms with Crippen molar-refractivity contribution < 1.29 is 29.4 Å². The van der Waals surface area contributed by atoms with Gasteiger partial charge in [-0.15, -0.1) is 0 Å². The van der Waals surface area contributed by atoms with Crippen LogP contribution in [0.2, 0.25) is 0 Å². The van der Waals surface area contributed by atoms with Crippen LogP contribution in [0.15, 0.2) is 0 Å². The first-order valence-corrected chi connectivity index (χ1v) is 7.75. The van der Waals surface area contributed by atoms with Crippen molar-refractivity contribution in [3.8, 4) is 0 Å². The zero-order chi connectivity index (χ0) is 18.3. The molecule has 136 valence electrons. The number of hydrogen-bond acceptors (Lipinski definition) is 6. The summed E-state index contributed by atoms with van der Waals surface area (Å²) in [6.07, 6.45) is -0.162. The fraction of sp³-hybridized carbons (Fsp3) is 0.714. The molecule has 1 aliphatic rings. The molecule has 0 aromatic carbocycles. The van der Waals surface area contributed by atoms with E-state index in [9.17, 15) is 24.3 Å². The monoisotopic (exact) mass is 344 g/mol. The Bertz CT molecular complexity index is 490. The van der Waals surface area contributed by atoms with Crippen LogP contribution in [0.25, 0.3) is 0 Å². The van der Waals surface area contributed by atoms with E-state index in [0.717, 1.165) is 6.42 Å². The van der Waals surface area contributed by atoms with Gasteiger partial charge in [0.25, 0.3) is 0 Å². The number of primary amides is 1. The second kappa shape index (κ2) is 9.18. The highest BCUT2D eigenvalue weighted by molar-refractivity contribution is 5.92. The van der Waals surface area contributed by atoms with E-state index in [1.165, 1.54) is 6.92 Å². The number of aliphatic hydroxyl groups excluding tert-OH is 1. The predicted octanol–water partition coefficient (Wildman–Crippen LogP) is -2.56. The van der Waals surface area contributed by atoms with Crippen molar-refractivity contribution in [2.45, 2.75) is 56.8 Å². The first-order valence-electron chi connectivity index (χ1n) is 7.75. The summed E-state index contributed by atoms with van der Waals surface area (Å²) < 4.78 is 0. The van der Waals surface area contributed by atoms with Crippen LogP contribution in [0.5, 0.6) is 0 Å². The molecule has 0 aliphatic carbocycles. The molecule has 1 rings (SSSR count). The van der Waals surface area contributed by atoms with Gasteiger partial charge in [0.1, 0.15) is 12.1 Å². The lowest BCUT2D eigenvalue weighted by molar-refractivity contribution is -0.143. The van der Waals surface area contributed by atoms with E-state index in [4.69, 9.17) is 10.8 Å². The molecule has 1 heterocycles. The molecule has 3 amide bonds. The maximum atomic E-state index is 12.2. The minimum absolute atomic E-state index is 0.180. The van der Waals surface area contributed by atoms with Gasteiger partial charge in [-0.3, -0.25) is 14.4 Å². The van der Waals surface area contributed by atoms with Crippen LogP contribution in [-0.4, -0.2) is 64.7 Å². The number of aliphatic hydroxyl groups is 1. The summed E-state index contributed by atoms with van der Waals surface area (Å²) in [6.45, 7) is 2.00. The number of carbonyl (C=O) groups is 4. The quantitative estimate of drug-likeness (QED) is 0.267. The van der Waals surface area contributed by atoms with Crippen molar-refractivity contribution >= 4 is 23.7 Å². The molecule has 0 spiro atoms. The van der Waals surface area contributed by atoms with E-state index in [-0.39, 0.29) is 12.8 Å². The lowest BCUT2D eigenvalue weighted by atomic mass is 10.1. The van der Waals surface area contributed by atoms with Gasteiger partial charge in [0, 0.05) is 6.42 Å². The maximum Gasteiger partial charge on any atom is 0.326 e.